The molecule has 0 saturated carbocycles. The topological polar surface area (TPSA) is 18.5 Å². The molecule has 0 fully saturated rings. The first kappa shape index (κ1) is 19.7. The van der Waals surface area contributed by atoms with E-state index in [-0.39, 0.29) is 5.25 Å². The molecule has 24 heavy (non-hydrogen) atoms. The van der Waals surface area contributed by atoms with E-state index in [1.807, 2.05) is 19.9 Å². The van der Waals surface area contributed by atoms with Gasteiger partial charge in [0.25, 0.3) is 0 Å². The van der Waals surface area contributed by atoms with Gasteiger partial charge in [-0.1, -0.05) is 81.9 Å². The van der Waals surface area contributed by atoms with Crippen molar-refractivity contribution in [2.24, 2.45) is 0 Å². The maximum absolute atomic E-state index is 5.77. The Labute approximate surface area is 158 Å². The predicted octanol–water partition coefficient (Wildman–Crippen LogP) is 7.24. The summed E-state index contributed by atoms with van der Waals surface area (Å²) in [6.45, 7) is 5.33. The summed E-state index contributed by atoms with van der Waals surface area (Å²) >= 11 is 5.24. The van der Waals surface area contributed by atoms with Crippen LogP contribution in [0.3, 0.4) is 0 Å². The Balaban J connectivity index is 2.20. The van der Waals surface area contributed by atoms with Gasteiger partial charge in [-0.3, -0.25) is 0 Å². The lowest BCUT2D eigenvalue weighted by molar-refractivity contribution is 0.283. The quantitative estimate of drug-likeness (QED) is 0.395. The molecule has 0 saturated heterocycles. The molecule has 0 aliphatic carbocycles. The van der Waals surface area contributed by atoms with Gasteiger partial charge in [-0.2, -0.15) is 0 Å². The Morgan fingerprint density at radius 2 is 1.62 bits per heavy atom. The van der Waals surface area contributed by atoms with Gasteiger partial charge in [0.1, 0.15) is 0 Å². The molecule has 0 aromatic heterocycles. The molecule has 0 amide bonds. The monoisotopic (exact) mass is 424 g/mol. The summed E-state index contributed by atoms with van der Waals surface area (Å²) in [5.41, 5.74) is 2.43. The third-order valence-electron chi connectivity index (χ3n) is 3.13. The molecule has 2 aromatic carbocycles. The van der Waals surface area contributed by atoms with Crippen molar-refractivity contribution in [3.63, 3.8) is 0 Å². The van der Waals surface area contributed by atoms with Gasteiger partial charge >= 0.3 is 0 Å². The van der Waals surface area contributed by atoms with Crippen molar-refractivity contribution in [1.29, 1.82) is 0 Å². The number of hydrogen-bond acceptors (Lipinski definition) is 3. The Bertz CT molecular complexity index is 613. The molecule has 0 N–H and O–H groups in total. The maximum Gasteiger partial charge on any atom is 0.238 e. The largest absolute Gasteiger partial charge is 0.326 e. The average Bonchev–Trinajstić information content (AvgIpc) is 2.60. The molecular formula is C19H22BrO2PS. The molecular weight excluding hydrogens is 403 g/mol. The molecule has 1 atom stereocenters. The van der Waals surface area contributed by atoms with Crippen molar-refractivity contribution < 1.29 is 9.05 Å². The van der Waals surface area contributed by atoms with Gasteiger partial charge in [0.15, 0.2) is 0 Å². The average molecular weight is 425 g/mol. The SMILES string of the molecule is CCOP(OCC)SC(/C=C/c1ccccc1)c1ccc(Br)cc1. The number of benzene rings is 2. The summed E-state index contributed by atoms with van der Waals surface area (Å²) in [6, 6.07) is 18.8. The predicted molar refractivity (Wildman–Crippen MR) is 110 cm³/mol. The molecule has 2 aromatic rings. The van der Waals surface area contributed by atoms with Crippen LogP contribution >= 0.6 is 34.9 Å². The summed E-state index contributed by atoms with van der Waals surface area (Å²) in [6.07, 6.45) is 4.38. The summed E-state index contributed by atoms with van der Waals surface area (Å²) in [7, 11) is -0.958. The van der Waals surface area contributed by atoms with Gasteiger partial charge < -0.3 is 9.05 Å². The van der Waals surface area contributed by atoms with Crippen molar-refractivity contribution >= 4 is 41.0 Å². The maximum atomic E-state index is 5.77. The molecule has 5 heteroatoms. The van der Waals surface area contributed by atoms with Crippen LogP contribution in [0, 0.1) is 0 Å². The fourth-order valence-electron chi connectivity index (χ4n) is 2.02. The summed E-state index contributed by atoms with van der Waals surface area (Å²) < 4.78 is 12.6. The smallest absolute Gasteiger partial charge is 0.238 e. The van der Waals surface area contributed by atoms with Crippen LogP contribution in [-0.2, 0) is 9.05 Å². The molecule has 0 aliphatic rings. The van der Waals surface area contributed by atoms with Crippen LogP contribution in [0.1, 0.15) is 30.2 Å². The molecule has 0 spiro atoms. The first-order valence-electron chi connectivity index (χ1n) is 7.94. The standard InChI is InChI=1S/C19H22BrO2PS/c1-3-21-23(22-4-2)24-19(17-11-13-18(20)14-12-17)15-10-16-8-6-5-7-9-16/h5-15,19H,3-4H2,1-2H3/b15-10+. The Morgan fingerprint density at radius 1 is 1.00 bits per heavy atom. The van der Waals surface area contributed by atoms with E-state index in [9.17, 15) is 0 Å². The Kier molecular flexibility index (Phi) is 9.08. The summed E-state index contributed by atoms with van der Waals surface area (Å²) in [5.74, 6) is 0. The number of rotatable bonds is 9. The van der Waals surface area contributed by atoms with Crippen molar-refractivity contribution in [3.8, 4) is 0 Å². The van der Waals surface area contributed by atoms with Gasteiger partial charge in [0, 0.05) is 4.47 Å². The van der Waals surface area contributed by atoms with Crippen molar-refractivity contribution in [2.75, 3.05) is 13.2 Å². The van der Waals surface area contributed by atoms with Crippen LogP contribution in [-0.4, -0.2) is 13.2 Å². The highest BCUT2D eigenvalue weighted by Gasteiger charge is 2.18. The fourth-order valence-corrected chi connectivity index (χ4v) is 5.65. The fraction of sp³-hybridized carbons (Fsp3) is 0.263. The second-order valence-electron chi connectivity index (χ2n) is 4.91. The van der Waals surface area contributed by atoms with Crippen LogP contribution in [0.25, 0.3) is 6.08 Å². The van der Waals surface area contributed by atoms with E-state index in [1.165, 1.54) is 11.1 Å². The molecule has 0 radical (unpaired) electrons. The van der Waals surface area contributed by atoms with E-state index < -0.39 is 7.58 Å². The molecule has 2 rings (SSSR count). The van der Waals surface area contributed by atoms with Crippen molar-refractivity contribution in [1.82, 2.24) is 0 Å². The lowest BCUT2D eigenvalue weighted by atomic mass is 10.1. The number of halogens is 1. The van der Waals surface area contributed by atoms with Crippen LogP contribution < -0.4 is 0 Å². The highest BCUT2D eigenvalue weighted by molar-refractivity contribution is 9.10. The van der Waals surface area contributed by atoms with E-state index in [0.717, 1.165) is 4.47 Å². The van der Waals surface area contributed by atoms with Crippen LogP contribution in [0.5, 0.6) is 0 Å². The minimum Gasteiger partial charge on any atom is -0.326 e. The number of hydrogen-bond donors (Lipinski definition) is 0. The normalized spacial score (nSPS) is 12.8. The zero-order valence-electron chi connectivity index (χ0n) is 13.9. The molecule has 0 heterocycles. The summed E-state index contributed by atoms with van der Waals surface area (Å²) in [4.78, 5) is 0. The van der Waals surface area contributed by atoms with Gasteiger partial charge in [-0.25, -0.2) is 0 Å². The zero-order chi connectivity index (χ0) is 17.2. The minimum absolute atomic E-state index is 0.183. The van der Waals surface area contributed by atoms with Gasteiger partial charge in [0.05, 0.1) is 18.5 Å². The molecule has 0 bridgehead atoms. The lowest BCUT2D eigenvalue weighted by Crippen LogP contribution is -1.93. The third kappa shape index (κ3) is 6.70. The Hall–Kier alpha value is -0.640. The van der Waals surface area contributed by atoms with Gasteiger partial charge in [-0.15, -0.1) is 0 Å². The zero-order valence-corrected chi connectivity index (χ0v) is 17.2. The van der Waals surface area contributed by atoms with Crippen LogP contribution in [0.2, 0.25) is 0 Å². The highest BCUT2D eigenvalue weighted by atomic mass is 79.9. The first-order chi connectivity index (χ1) is 11.7. The lowest BCUT2D eigenvalue weighted by Gasteiger charge is -2.20. The van der Waals surface area contributed by atoms with Crippen molar-refractivity contribution in [3.05, 3.63) is 76.3 Å². The van der Waals surface area contributed by atoms with E-state index >= 15 is 0 Å². The highest BCUT2D eigenvalue weighted by Crippen LogP contribution is 2.58. The van der Waals surface area contributed by atoms with Crippen LogP contribution in [0.15, 0.2) is 65.1 Å². The molecule has 2 nitrogen and oxygen atoms in total. The van der Waals surface area contributed by atoms with Crippen LogP contribution in [0.4, 0.5) is 0 Å². The van der Waals surface area contributed by atoms with E-state index in [0.29, 0.717) is 13.2 Å². The van der Waals surface area contributed by atoms with E-state index in [2.05, 4.69) is 76.6 Å². The van der Waals surface area contributed by atoms with Gasteiger partial charge in [0.2, 0.25) is 7.58 Å². The molecule has 0 aliphatic heterocycles. The second kappa shape index (κ2) is 11.1. The van der Waals surface area contributed by atoms with Crippen molar-refractivity contribution in [2.45, 2.75) is 19.1 Å². The third-order valence-corrected chi connectivity index (χ3v) is 7.26. The van der Waals surface area contributed by atoms with Gasteiger partial charge in [-0.05, 0) is 37.1 Å². The molecule has 1 unspecified atom stereocenters. The minimum atomic E-state index is -0.958. The van der Waals surface area contributed by atoms with E-state index in [4.69, 9.17) is 9.05 Å². The first-order valence-corrected chi connectivity index (χ1v) is 11.4. The second-order valence-corrected chi connectivity index (χ2v) is 9.03. The molecule has 128 valence electrons. The van der Waals surface area contributed by atoms with E-state index in [1.54, 1.807) is 11.4 Å². The Morgan fingerprint density at radius 3 is 2.21 bits per heavy atom. The summed E-state index contributed by atoms with van der Waals surface area (Å²) in [5, 5.41) is 0.183.